The van der Waals surface area contributed by atoms with Gasteiger partial charge in [0.25, 0.3) is 0 Å². The fourth-order valence-electron chi connectivity index (χ4n) is 4.77. The molecule has 32 heavy (non-hydrogen) atoms. The highest BCUT2D eigenvalue weighted by molar-refractivity contribution is 5.90. The highest BCUT2D eigenvalue weighted by atomic mass is 19.4. The van der Waals surface area contributed by atoms with Crippen LogP contribution in [0.2, 0.25) is 0 Å². The van der Waals surface area contributed by atoms with Crippen LogP contribution < -0.4 is 26.2 Å². The average Bonchev–Trinajstić information content (AvgIpc) is 3.22. The van der Waals surface area contributed by atoms with Gasteiger partial charge in [-0.05, 0) is 62.8 Å². The van der Waals surface area contributed by atoms with Crippen molar-refractivity contribution in [2.75, 3.05) is 29.9 Å². The first kappa shape index (κ1) is 22.5. The van der Waals surface area contributed by atoms with Gasteiger partial charge in [0.1, 0.15) is 6.04 Å². The Morgan fingerprint density at radius 2 is 1.59 bits per heavy atom. The summed E-state index contributed by atoms with van der Waals surface area (Å²) in [7, 11) is 0. The van der Waals surface area contributed by atoms with Gasteiger partial charge in [-0.15, -0.1) is 0 Å². The van der Waals surface area contributed by atoms with Gasteiger partial charge in [-0.1, -0.05) is 0 Å². The molecule has 3 fully saturated rings. The molecule has 3 aliphatic rings. The molecular formula is C22H30F3N5O2. The Balaban J connectivity index is 1.20. The van der Waals surface area contributed by atoms with E-state index in [1.165, 1.54) is 0 Å². The van der Waals surface area contributed by atoms with Gasteiger partial charge in [0.15, 0.2) is 0 Å². The fraction of sp³-hybridized carbons (Fsp3) is 0.636. The Kier molecular flexibility index (Phi) is 6.66. The van der Waals surface area contributed by atoms with Crippen molar-refractivity contribution in [3.05, 3.63) is 24.3 Å². The first-order valence-electron chi connectivity index (χ1n) is 11.3. The van der Waals surface area contributed by atoms with Crippen molar-refractivity contribution in [1.82, 2.24) is 16.0 Å². The van der Waals surface area contributed by atoms with E-state index in [0.717, 1.165) is 37.1 Å². The summed E-state index contributed by atoms with van der Waals surface area (Å²) in [6, 6.07) is 7.50. The third-order valence-electron chi connectivity index (χ3n) is 6.72. The topological polar surface area (TPSA) is 85.5 Å². The SMILES string of the molecule is O=C1NCC(C(=O)NC2CCC(Nc3ccc(N4CCC(C(F)(F)F)CC4)cc3)CC2)N1. The predicted molar refractivity (Wildman–Crippen MR) is 116 cm³/mol. The molecule has 0 spiro atoms. The molecule has 176 valence electrons. The molecule has 1 saturated carbocycles. The molecule has 1 unspecified atom stereocenters. The normalized spacial score (nSPS) is 26.9. The van der Waals surface area contributed by atoms with Gasteiger partial charge >= 0.3 is 12.2 Å². The first-order chi connectivity index (χ1) is 15.3. The standard InChI is InChI=1S/C22H30F3N5O2/c23-22(24,25)14-9-11-30(12-10-14)18-7-5-16(6-8-18)27-15-1-3-17(4-2-15)28-20(31)19-13-26-21(32)29-19/h5-8,14-15,17,19,27H,1-4,9-13H2,(H,28,31)(H2,26,29,32). The monoisotopic (exact) mass is 453 g/mol. The number of hydrogen-bond acceptors (Lipinski definition) is 4. The third-order valence-corrected chi connectivity index (χ3v) is 6.72. The van der Waals surface area contributed by atoms with E-state index in [9.17, 15) is 22.8 Å². The number of anilines is 2. The molecule has 4 rings (SSSR count). The number of hydrogen-bond donors (Lipinski definition) is 4. The van der Waals surface area contributed by atoms with Crippen LogP contribution in [0.3, 0.4) is 0 Å². The molecule has 0 radical (unpaired) electrons. The van der Waals surface area contributed by atoms with Crippen molar-refractivity contribution >= 4 is 23.3 Å². The lowest BCUT2D eigenvalue weighted by Gasteiger charge is -2.34. The zero-order valence-electron chi connectivity index (χ0n) is 17.9. The van der Waals surface area contributed by atoms with Crippen LogP contribution in [0.4, 0.5) is 29.3 Å². The second kappa shape index (κ2) is 9.46. The molecule has 3 amide bonds. The summed E-state index contributed by atoms with van der Waals surface area (Å²) in [5.41, 5.74) is 1.95. The lowest BCUT2D eigenvalue weighted by Crippen LogP contribution is -2.48. The maximum atomic E-state index is 12.9. The van der Waals surface area contributed by atoms with Gasteiger partial charge in [-0.3, -0.25) is 4.79 Å². The number of halogens is 3. The fourth-order valence-corrected chi connectivity index (χ4v) is 4.77. The zero-order valence-corrected chi connectivity index (χ0v) is 17.9. The number of rotatable bonds is 5. The molecular weight excluding hydrogens is 423 g/mol. The summed E-state index contributed by atoms with van der Waals surface area (Å²) < 4.78 is 38.6. The Bertz CT molecular complexity index is 801. The molecule has 4 N–H and O–H groups in total. The first-order valence-corrected chi connectivity index (χ1v) is 11.3. The summed E-state index contributed by atoms with van der Waals surface area (Å²) in [6.45, 7) is 1.17. The molecule has 7 nitrogen and oxygen atoms in total. The van der Waals surface area contributed by atoms with Gasteiger partial charge in [0.05, 0.1) is 5.92 Å². The maximum absolute atomic E-state index is 12.9. The third kappa shape index (κ3) is 5.58. The Hall–Kier alpha value is -2.65. The van der Waals surface area contributed by atoms with Crippen LogP contribution in [0.1, 0.15) is 38.5 Å². The highest BCUT2D eigenvalue weighted by Gasteiger charge is 2.41. The number of carbonyl (C=O) groups is 2. The number of benzene rings is 1. The molecule has 10 heteroatoms. The molecule has 2 aliphatic heterocycles. The van der Waals surface area contributed by atoms with Crippen LogP contribution in [0.25, 0.3) is 0 Å². The van der Waals surface area contributed by atoms with Crippen LogP contribution >= 0.6 is 0 Å². The van der Waals surface area contributed by atoms with Crippen molar-refractivity contribution < 1.29 is 22.8 Å². The van der Waals surface area contributed by atoms with Crippen LogP contribution in [0.5, 0.6) is 0 Å². The van der Waals surface area contributed by atoms with E-state index in [1.54, 1.807) is 0 Å². The van der Waals surface area contributed by atoms with E-state index in [4.69, 9.17) is 0 Å². The molecule has 1 aromatic carbocycles. The Morgan fingerprint density at radius 3 is 2.16 bits per heavy atom. The largest absolute Gasteiger partial charge is 0.391 e. The summed E-state index contributed by atoms with van der Waals surface area (Å²) in [4.78, 5) is 25.4. The van der Waals surface area contributed by atoms with E-state index < -0.39 is 18.1 Å². The second-order valence-electron chi connectivity index (χ2n) is 8.96. The maximum Gasteiger partial charge on any atom is 0.391 e. The van der Waals surface area contributed by atoms with Crippen molar-refractivity contribution in [1.29, 1.82) is 0 Å². The number of amides is 3. The van der Waals surface area contributed by atoms with Crippen LogP contribution in [-0.2, 0) is 4.79 Å². The number of urea groups is 1. The average molecular weight is 454 g/mol. The number of carbonyl (C=O) groups excluding carboxylic acids is 2. The molecule has 2 saturated heterocycles. The summed E-state index contributed by atoms with van der Waals surface area (Å²) in [5, 5.41) is 11.7. The van der Waals surface area contributed by atoms with Gasteiger partial charge in [0, 0.05) is 43.1 Å². The van der Waals surface area contributed by atoms with Gasteiger partial charge in [0.2, 0.25) is 5.91 Å². The lowest BCUT2D eigenvalue weighted by atomic mass is 9.90. The van der Waals surface area contributed by atoms with Crippen molar-refractivity contribution in [3.8, 4) is 0 Å². The number of nitrogens with zero attached hydrogens (tertiary/aromatic N) is 1. The lowest BCUT2D eigenvalue weighted by molar-refractivity contribution is -0.179. The second-order valence-corrected chi connectivity index (χ2v) is 8.96. The van der Waals surface area contributed by atoms with E-state index in [2.05, 4.69) is 21.3 Å². The number of piperidine rings is 1. The zero-order chi connectivity index (χ0) is 22.7. The van der Waals surface area contributed by atoms with Crippen LogP contribution in [0.15, 0.2) is 24.3 Å². The molecule has 0 bridgehead atoms. The molecule has 2 heterocycles. The molecule has 1 atom stereocenters. The van der Waals surface area contributed by atoms with E-state index in [-0.39, 0.29) is 30.8 Å². The Labute approximate surface area is 185 Å². The van der Waals surface area contributed by atoms with Crippen molar-refractivity contribution in [2.45, 2.75) is 62.8 Å². The summed E-state index contributed by atoms with van der Waals surface area (Å²) >= 11 is 0. The minimum Gasteiger partial charge on any atom is -0.382 e. The van der Waals surface area contributed by atoms with Crippen LogP contribution in [0, 0.1) is 5.92 Å². The van der Waals surface area contributed by atoms with E-state index in [0.29, 0.717) is 25.7 Å². The minimum absolute atomic E-state index is 0.111. The number of alkyl halides is 3. The smallest absolute Gasteiger partial charge is 0.382 e. The molecule has 0 aromatic heterocycles. The van der Waals surface area contributed by atoms with Gasteiger partial charge in [-0.2, -0.15) is 13.2 Å². The predicted octanol–water partition coefficient (Wildman–Crippen LogP) is 2.99. The Morgan fingerprint density at radius 1 is 0.969 bits per heavy atom. The van der Waals surface area contributed by atoms with Gasteiger partial charge in [-0.25, -0.2) is 4.79 Å². The van der Waals surface area contributed by atoms with Gasteiger partial charge < -0.3 is 26.2 Å². The van der Waals surface area contributed by atoms with Crippen LogP contribution in [-0.4, -0.2) is 55.9 Å². The van der Waals surface area contributed by atoms with Crippen molar-refractivity contribution in [2.24, 2.45) is 5.92 Å². The number of nitrogens with one attached hydrogen (secondary N) is 4. The van der Waals surface area contributed by atoms with Crippen molar-refractivity contribution in [3.63, 3.8) is 0 Å². The quantitative estimate of drug-likeness (QED) is 0.552. The summed E-state index contributed by atoms with van der Waals surface area (Å²) in [6.07, 6.45) is -0.224. The van der Waals surface area contributed by atoms with E-state index >= 15 is 0 Å². The van der Waals surface area contributed by atoms with E-state index in [1.807, 2.05) is 29.2 Å². The highest BCUT2D eigenvalue weighted by Crippen LogP contribution is 2.35. The molecule has 1 aromatic rings. The minimum atomic E-state index is -4.09. The molecule has 1 aliphatic carbocycles. The summed E-state index contributed by atoms with van der Waals surface area (Å²) in [5.74, 6) is -1.33.